The fourth-order valence-electron chi connectivity index (χ4n) is 1.38. The summed E-state index contributed by atoms with van der Waals surface area (Å²) in [6.07, 6.45) is 2.93. The first-order valence-electron chi connectivity index (χ1n) is 3.97. The number of halogens is 1. The molecule has 0 unspecified atom stereocenters. The monoisotopic (exact) mass is 222 g/mol. The summed E-state index contributed by atoms with van der Waals surface area (Å²) in [7, 11) is -0.257. The molecule has 0 aliphatic carbocycles. The molecule has 1 saturated heterocycles. The van der Waals surface area contributed by atoms with Gasteiger partial charge in [0.25, 0.3) is 0 Å². The Hall–Kier alpha value is 0.914. The summed E-state index contributed by atoms with van der Waals surface area (Å²) < 4.78 is 0. The zero-order valence-electron chi connectivity index (χ0n) is 6.07. The maximum absolute atomic E-state index is 3.77. The van der Waals surface area contributed by atoms with E-state index in [0.29, 0.717) is 0 Å². The van der Waals surface area contributed by atoms with Gasteiger partial charge in [-0.3, -0.25) is 0 Å². The van der Waals surface area contributed by atoms with E-state index in [2.05, 4.69) is 22.2 Å². The van der Waals surface area contributed by atoms with Crippen LogP contribution in [0.15, 0.2) is 0 Å². The van der Waals surface area contributed by atoms with Crippen molar-refractivity contribution >= 4 is 31.5 Å². The molecule has 1 fully saturated rings. The Balaban J connectivity index is 1.91. The summed E-state index contributed by atoms with van der Waals surface area (Å²) in [4.78, 5) is 0. The summed E-state index contributed by atoms with van der Waals surface area (Å²) in [6.45, 7) is 2.30. The van der Waals surface area contributed by atoms with E-state index in [0.717, 1.165) is 0 Å². The van der Waals surface area contributed by atoms with Crippen LogP contribution in [0.5, 0.6) is 0 Å². The molecule has 3 heteroatoms. The predicted octanol–water partition coefficient (Wildman–Crippen LogP) is 2.22. The topological polar surface area (TPSA) is 0 Å². The molecule has 1 heterocycles. The van der Waals surface area contributed by atoms with Crippen molar-refractivity contribution < 1.29 is 0 Å². The Morgan fingerprint density at radius 2 is 2.11 bits per heavy atom. The van der Waals surface area contributed by atoms with E-state index in [4.69, 9.17) is 0 Å². The van der Waals surface area contributed by atoms with Crippen molar-refractivity contribution in [3.63, 3.8) is 0 Å². The Labute approximate surface area is 68.8 Å². The molecule has 54 valence electrons. The van der Waals surface area contributed by atoms with Crippen molar-refractivity contribution in [3.05, 3.63) is 0 Å². The number of unbranched alkanes of at least 4 members (excludes halogenated alkanes) is 1. The molecule has 0 aromatic heterocycles. The van der Waals surface area contributed by atoms with Gasteiger partial charge in [0.2, 0.25) is 0 Å². The van der Waals surface area contributed by atoms with Gasteiger partial charge in [-0.2, -0.15) is 0 Å². The van der Waals surface area contributed by atoms with Crippen molar-refractivity contribution in [1.29, 1.82) is 0 Å². The fraction of sp³-hybridized carbons (Fsp3) is 1.00. The minimum absolute atomic E-state index is 0.0614. The highest BCUT2D eigenvalue weighted by Crippen LogP contribution is 2.28. The van der Waals surface area contributed by atoms with Crippen molar-refractivity contribution in [2.45, 2.75) is 37.1 Å². The van der Waals surface area contributed by atoms with E-state index in [1.165, 1.54) is 12.8 Å². The molecular formula is C6H15BrSi2. The molecule has 0 amide bonds. The molecule has 0 aromatic carbocycles. The maximum atomic E-state index is 3.77. The van der Waals surface area contributed by atoms with Crippen molar-refractivity contribution in [1.82, 2.24) is 0 Å². The van der Waals surface area contributed by atoms with Gasteiger partial charge in [-0.05, 0) is 0 Å². The van der Waals surface area contributed by atoms with E-state index < -0.39 is 0 Å². The van der Waals surface area contributed by atoms with Gasteiger partial charge in [0.1, 0.15) is 7.42 Å². The zero-order valence-corrected chi connectivity index (χ0v) is 9.96. The van der Waals surface area contributed by atoms with Gasteiger partial charge < -0.3 is 0 Å². The lowest BCUT2D eigenvalue weighted by molar-refractivity contribution is 0.871. The molecule has 1 rings (SSSR count). The van der Waals surface area contributed by atoms with E-state index in [9.17, 15) is 0 Å². The molecule has 0 N–H and O–H groups in total. The highest BCUT2D eigenvalue weighted by Gasteiger charge is 2.28. The Kier molecular flexibility index (Phi) is 3.50. The van der Waals surface area contributed by atoms with Gasteiger partial charge in [0, 0.05) is 8.80 Å². The second-order valence-corrected chi connectivity index (χ2v) is 14.2. The van der Waals surface area contributed by atoms with Crippen LogP contribution in [0.4, 0.5) is 0 Å². The van der Waals surface area contributed by atoms with Crippen LogP contribution in [-0.2, 0) is 0 Å². The van der Waals surface area contributed by atoms with E-state index in [1.807, 2.05) is 0 Å². The van der Waals surface area contributed by atoms with E-state index >= 15 is 0 Å². The number of rotatable bonds is 3. The molecule has 0 radical (unpaired) electrons. The SMILES string of the molecule is CCCC[SiH]1C[SiH](Br)C1. The number of hydrogen-bond donors (Lipinski definition) is 0. The first kappa shape index (κ1) is 8.01. The number of hydrogen-bond acceptors (Lipinski definition) is 0. The van der Waals surface area contributed by atoms with Crippen LogP contribution in [0.2, 0.25) is 17.4 Å². The quantitative estimate of drug-likeness (QED) is 0.508. The van der Waals surface area contributed by atoms with Crippen molar-refractivity contribution in [2.75, 3.05) is 0 Å². The fourth-order valence-corrected chi connectivity index (χ4v) is 19.0. The molecule has 1 aliphatic rings. The highest BCUT2D eigenvalue weighted by molar-refractivity contribution is 9.24. The first-order valence-corrected chi connectivity index (χ1v) is 11.2. The third kappa shape index (κ3) is 2.55. The molecule has 9 heavy (non-hydrogen) atoms. The molecule has 0 bridgehead atoms. The largest absolute Gasteiger partial charge is 0.131 e. The van der Waals surface area contributed by atoms with Gasteiger partial charge in [0.05, 0.1) is 0 Å². The summed E-state index contributed by atoms with van der Waals surface area (Å²) in [5, 5.41) is 0. The second kappa shape index (κ2) is 3.93. The molecule has 0 spiro atoms. The van der Waals surface area contributed by atoms with Crippen LogP contribution in [0.3, 0.4) is 0 Å². The van der Waals surface area contributed by atoms with Crippen molar-refractivity contribution in [3.8, 4) is 0 Å². The van der Waals surface area contributed by atoms with Gasteiger partial charge in [-0.1, -0.05) is 37.1 Å². The standard InChI is InChI=1S/C6H15BrSi2/c1-2-3-4-8-5-9(7)6-8/h8-9H,2-6H2,1H3. The third-order valence-corrected chi connectivity index (χ3v) is 19.5. The summed E-state index contributed by atoms with van der Waals surface area (Å²) in [5.41, 5.74) is 3.42. The Morgan fingerprint density at radius 1 is 1.44 bits per heavy atom. The Bertz CT molecular complexity index is 81.1. The van der Waals surface area contributed by atoms with Crippen LogP contribution in [0.25, 0.3) is 0 Å². The summed E-state index contributed by atoms with van der Waals surface area (Å²) in [5.74, 6) is 0. The summed E-state index contributed by atoms with van der Waals surface area (Å²) >= 11 is 3.77. The third-order valence-electron chi connectivity index (χ3n) is 2.14. The lowest BCUT2D eigenvalue weighted by Gasteiger charge is -2.28. The first-order chi connectivity index (χ1) is 4.33. The minimum atomic E-state index is -0.195. The zero-order chi connectivity index (χ0) is 6.69. The van der Waals surface area contributed by atoms with E-state index in [-0.39, 0.29) is 16.2 Å². The lowest BCUT2D eigenvalue weighted by Crippen LogP contribution is -2.34. The smallest absolute Gasteiger partial charge is 0.109 e. The average molecular weight is 223 g/mol. The molecule has 0 nitrogen and oxygen atoms in total. The average Bonchev–Trinajstić information content (AvgIpc) is 1.78. The van der Waals surface area contributed by atoms with Gasteiger partial charge in [-0.15, -0.1) is 15.3 Å². The molecule has 0 saturated carbocycles. The molecule has 0 atom stereocenters. The van der Waals surface area contributed by atoms with Crippen LogP contribution < -0.4 is 0 Å². The minimum Gasteiger partial charge on any atom is -0.131 e. The van der Waals surface area contributed by atoms with Crippen LogP contribution in [-0.4, -0.2) is 16.2 Å². The molecule has 1 aliphatic heterocycles. The lowest BCUT2D eigenvalue weighted by atomic mass is 10.4. The van der Waals surface area contributed by atoms with Crippen molar-refractivity contribution in [2.24, 2.45) is 0 Å². The van der Waals surface area contributed by atoms with Gasteiger partial charge in [-0.25, -0.2) is 0 Å². The van der Waals surface area contributed by atoms with Gasteiger partial charge in [0.15, 0.2) is 0 Å². The van der Waals surface area contributed by atoms with Crippen LogP contribution in [0, 0.1) is 0 Å². The predicted molar refractivity (Wildman–Crippen MR) is 52.6 cm³/mol. The maximum Gasteiger partial charge on any atom is 0.109 e. The second-order valence-electron chi connectivity index (χ2n) is 3.08. The Morgan fingerprint density at radius 3 is 2.56 bits per heavy atom. The summed E-state index contributed by atoms with van der Waals surface area (Å²) in [6, 6.07) is 1.64. The van der Waals surface area contributed by atoms with E-state index in [1.54, 1.807) is 17.4 Å². The van der Waals surface area contributed by atoms with Gasteiger partial charge >= 0.3 is 0 Å². The normalized spacial score (nSPS) is 34.0. The van der Waals surface area contributed by atoms with Crippen LogP contribution in [0.1, 0.15) is 19.8 Å². The molecular weight excluding hydrogens is 208 g/mol. The highest BCUT2D eigenvalue weighted by atomic mass is 79.9. The molecule has 0 aromatic rings. The van der Waals surface area contributed by atoms with Crippen LogP contribution >= 0.6 is 15.3 Å².